The summed E-state index contributed by atoms with van der Waals surface area (Å²) in [4.78, 5) is 21.6. The lowest BCUT2D eigenvalue weighted by Gasteiger charge is -2.24. The highest BCUT2D eigenvalue weighted by atomic mass is 79.9. The van der Waals surface area contributed by atoms with E-state index in [0.717, 1.165) is 27.8 Å². The lowest BCUT2D eigenvalue weighted by Crippen LogP contribution is -2.41. The Bertz CT molecular complexity index is 1120. The molecule has 0 spiro atoms. The van der Waals surface area contributed by atoms with Crippen LogP contribution in [0.1, 0.15) is 13.8 Å². The van der Waals surface area contributed by atoms with Crippen LogP contribution in [0.4, 0.5) is 5.13 Å². The Kier molecular flexibility index (Phi) is 9.45. The van der Waals surface area contributed by atoms with Crippen LogP contribution >= 0.6 is 39.7 Å². The van der Waals surface area contributed by atoms with Gasteiger partial charge in [-0.15, -0.1) is 12.4 Å². The molecule has 1 heterocycles. The first kappa shape index (κ1) is 25.7. The number of hydrogen-bond acceptors (Lipinski definition) is 6. The second-order valence-electron chi connectivity index (χ2n) is 6.75. The van der Waals surface area contributed by atoms with Gasteiger partial charge in [-0.3, -0.25) is 9.69 Å². The Balaban J connectivity index is 0.00000341. The maximum atomic E-state index is 13.2. The molecule has 6 nitrogen and oxygen atoms in total. The average molecular weight is 547 g/mol. The first-order chi connectivity index (χ1) is 14.3. The summed E-state index contributed by atoms with van der Waals surface area (Å²) in [6, 6.07) is 13.8. The molecular formula is C21H25BrClN3O3S2. The fourth-order valence-electron chi connectivity index (χ4n) is 3.06. The fraction of sp³-hybridized carbons (Fsp3) is 0.333. The number of halogens is 2. The molecule has 0 unspecified atom stereocenters. The van der Waals surface area contributed by atoms with Crippen molar-refractivity contribution in [2.45, 2.75) is 18.7 Å². The predicted octanol–water partition coefficient (Wildman–Crippen LogP) is 4.63. The molecular weight excluding hydrogens is 522 g/mol. The number of fused-ring (bicyclic) bond motifs is 1. The molecule has 10 heteroatoms. The highest BCUT2D eigenvalue weighted by molar-refractivity contribution is 9.10. The van der Waals surface area contributed by atoms with Crippen LogP contribution in [0, 0.1) is 0 Å². The van der Waals surface area contributed by atoms with Gasteiger partial charge in [0.05, 0.1) is 15.1 Å². The van der Waals surface area contributed by atoms with E-state index in [4.69, 9.17) is 0 Å². The lowest BCUT2D eigenvalue weighted by atomic mass is 10.3. The molecule has 0 radical (unpaired) electrons. The number of hydrogen-bond donors (Lipinski definition) is 0. The summed E-state index contributed by atoms with van der Waals surface area (Å²) in [5.41, 5.74) is 0.782. The first-order valence-corrected chi connectivity index (χ1v) is 13.0. The number of amides is 1. The van der Waals surface area contributed by atoms with Crippen molar-refractivity contribution in [3.05, 3.63) is 53.0 Å². The molecule has 3 aromatic rings. The second kappa shape index (κ2) is 11.4. The second-order valence-corrected chi connectivity index (χ2v) is 10.7. The summed E-state index contributed by atoms with van der Waals surface area (Å²) >= 11 is 4.84. The number of anilines is 1. The van der Waals surface area contributed by atoms with Crippen LogP contribution in [0.15, 0.2) is 57.9 Å². The van der Waals surface area contributed by atoms with Gasteiger partial charge in [0.1, 0.15) is 5.75 Å². The Morgan fingerprint density at radius 1 is 1.06 bits per heavy atom. The predicted molar refractivity (Wildman–Crippen MR) is 133 cm³/mol. The molecule has 1 aromatic heterocycles. The van der Waals surface area contributed by atoms with Crippen molar-refractivity contribution in [3.8, 4) is 0 Å². The summed E-state index contributed by atoms with van der Waals surface area (Å²) in [7, 11) is -3.73. The third kappa shape index (κ3) is 6.49. The molecule has 0 N–H and O–H groups in total. The van der Waals surface area contributed by atoms with E-state index in [1.54, 1.807) is 18.2 Å². The standard InChI is InChI=1S/C21H24BrN3O3S2.ClH/c1-3-24(4-2)12-13-25(21-23-18-11-10-16(22)14-19(18)29-21)20(26)15-30(27,28)17-8-6-5-7-9-17;/h5-11,14H,3-4,12-13,15H2,1-2H3;1H. The summed E-state index contributed by atoms with van der Waals surface area (Å²) < 4.78 is 27.4. The van der Waals surface area contributed by atoms with Gasteiger partial charge in [-0.05, 0) is 43.4 Å². The number of benzene rings is 2. The van der Waals surface area contributed by atoms with Crippen LogP contribution in [0.2, 0.25) is 0 Å². The van der Waals surface area contributed by atoms with E-state index in [9.17, 15) is 13.2 Å². The topological polar surface area (TPSA) is 70.6 Å². The minimum absolute atomic E-state index is 0. The Morgan fingerprint density at radius 2 is 1.74 bits per heavy atom. The summed E-state index contributed by atoms with van der Waals surface area (Å²) in [6.07, 6.45) is 0. The SMILES string of the molecule is CCN(CC)CCN(C(=O)CS(=O)(=O)c1ccccc1)c1nc2ccc(Br)cc2s1.Cl. The number of rotatable bonds is 9. The zero-order valence-electron chi connectivity index (χ0n) is 17.3. The minimum atomic E-state index is -3.73. The molecule has 0 aliphatic rings. The third-order valence-electron chi connectivity index (χ3n) is 4.82. The van der Waals surface area contributed by atoms with Gasteiger partial charge in [-0.1, -0.05) is 59.3 Å². The number of likely N-dealkylation sites (N-methyl/N-ethyl adjacent to an activating group) is 1. The van der Waals surface area contributed by atoms with Crippen LogP contribution < -0.4 is 4.90 Å². The number of aromatic nitrogens is 1. The first-order valence-electron chi connectivity index (χ1n) is 9.70. The van der Waals surface area contributed by atoms with Crippen LogP contribution in [-0.4, -0.2) is 56.1 Å². The molecule has 2 aromatic carbocycles. The summed E-state index contributed by atoms with van der Waals surface area (Å²) in [5.74, 6) is -1.06. The number of carbonyl (C=O) groups is 1. The van der Waals surface area contributed by atoms with Crippen LogP contribution in [0.5, 0.6) is 0 Å². The molecule has 0 aliphatic heterocycles. The molecule has 0 bridgehead atoms. The molecule has 1 amide bonds. The van der Waals surface area contributed by atoms with Gasteiger partial charge < -0.3 is 4.90 Å². The molecule has 168 valence electrons. The van der Waals surface area contributed by atoms with E-state index in [1.165, 1.54) is 28.4 Å². The van der Waals surface area contributed by atoms with E-state index < -0.39 is 21.5 Å². The molecule has 0 atom stereocenters. The quantitative estimate of drug-likeness (QED) is 0.391. The summed E-state index contributed by atoms with van der Waals surface area (Å²) in [6.45, 7) is 6.85. The van der Waals surface area contributed by atoms with E-state index in [2.05, 4.69) is 39.7 Å². The molecule has 0 saturated heterocycles. The van der Waals surface area contributed by atoms with Crippen molar-refractivity contribution in [3.63, 3.8) is 0 Å². The van der Waals surface area contributed by atoms with E-state index in [1.807, 2.05) is 18.2 Å². The zero-order chi connectivity index (χ0) is 21.7. The van der Waals surface area contributed by atoms with Gasteiger partial charge in [-0.25, -0.2) is 13.4 Å². The van der Waals surface area contributed by atoms with E-state index in [-0.39, 0.29) is 17.3 Å². The normalized spacial score (nSPS) is 11.5. The number of thiazole rings is 1. The third-order valence-corrected chi connectivity index (χ3v) is 7.97. The van der Waals surface area contributed by atoms with Gasteiger partial charge >= 0.3 is 0 Å². The monoisotopic (exact) mass is 545 g/mol. The number of sulfone groups is 1. The summed E-state index contributed by atoms with van der Waals surface area (Å²) in [5, 5.41) is 0.517. The van der Waals surface area contributed by atoms with Gasteiger partial charge in [0.25, 0.3) is 0 Å². The van der Waals surface area contributed by atoms with Crippen LogP contribution in [0.25, 0.3) is 10.2 Å². The minimum Gasteiger partial charge on any atom is -0.302 e. The maximum absolute atomic E-state index is 13.2. The fourth-order valence-corrected chi connectivity index (χ4v) is 5.84. The lowest BCUT2D eigenvalue weighted by molar-refractivity contribution is -0.116. The van der Waals surface area contributed by atoms with E-state index in [0.29, 0.717) is 18.2 Å². The largest absolute Gasteiger partial charge is 0.302 e. The van der Waals surface area contributed by atoms with Gasteiger partial charge in [-0.2, -0.15) is 0 Å². The average Bonchev–Trinajstić information content (AvgIpc) is 3.14. The van der Waals surface area contributed by atoms with Crippen molar-refractivity contribution in [1.29, 1.82) is 0 Å². The van der Waals surface area contributed by atoms with E-state index >= 15 is 0 Å². The molecule has 0 fully saturated rings. The Morgan fingerprint density at radius 3 is 2.39 bits per heavy atom. The van der Waals surface area contributed by atoms with Crippen molar-refractivity contribution in [2.24, 2.45) is 0 Å². The molecule has 0 saturated carbocycles. The highest BCUT2D eigenvalue weighted by Crippen LogP contribution is 2.31. The van der Waals surface area contributed by atoms with Gasteiger partial charge in [0.15, 0.2) is 15.0 Å². The Labute approximate surface area is 201 Å². The number of carbonyl (C=O) groups excluding carboxylic acids is 1. The maximum Gasteiger partial charge on any atom is 0.244 e. The smallest absolute Gasteiger partial charge is 0.244 e. The molecule has 31 heavy (non-hydrogen) atoms. The van der Waals surface area contributed by atoms with Crippen molar-refractivity contribution in [2.75, 3.05) is 36.8 Å². The van der Waals surface area contributed by atoms with Crippen molar-refractivity contribution >= 4 is 70.8 Å². The Hall–Kier alpha value is -1.52. The van der Waals surface area contributed by atoms with Crippen LogP contribution in [-0.2, 0) is 14.6 Å². The van der Waals surface area contributed by atoms with Crippen molar-refractivity contribution < 1.29 is 13.2 Å². The molecule has 3 rings (SSSR count). The molecule has 0 aliphatic carbocycles. The van der Waals surface area contributed by atoms with Crippen molar-refractivity contribution in [1.82, 2.24) is 9.88 Å². The number of nitrogens with zero attached hydrogens (tertiary/aromatic N) is 3. The van der Waals surface area contributed by atoms with Gasteiger partial charge in [0.2, 0.25) is 5.91 Å². The zero-order valence-corrected chi connectivity index (χ0v) is 21.4. The van der Waals surface area contributed by atoms with Gasteiger partial charge in [0, 0.05) is 17.6 Å². The van der Waals surface area contributed by atoms with Crippen LogP contribution in [0.3, 0.4) is 0 Å². The highest BCUT2D eigenvalue weighted by Gasteiger charge is 2.26.